The van der Waals surface area contributed by atoms with Crippen LogP contribution in [-0.4, -0.2) is 24.1 Å². The van der Waals surface area contributed by atoms with Crippen molar-refractivity contribution in [2.75, 3.05) is 18.6 Å². The Hall–Kier alpha value is 0.310. The van der Waals surface area contributed by atoms with Crippen LogP contribution in [0.25, 0.3) is 0 Å². The lowest BCUT2D eigenvalue weighted by Crippen LogP contribution is -2.39. The molecule has 0 unspecified atom stereocenters. The number of thioether (sulfide) groups is 1. The predicted octanol–water partition coefficient (Wildman–Crippen LogP) is 3.30. The summed E-state index contributed by atoms with van der Waals surface area (Å²) in [6.45, 7) is 7.99. The second-order valence-corrected chi connectivity index (χ2v) is 6.69. The molecule has 0 aliphatic heterocycles. The molecule has 1 saturated carbocycles. The van der Waals surface area contributed by atoms with E-state index in [1.165, 1.54) is 38.0 Å². The van der Waals surface area contributed by atoms with Crippen LogP contribution >= 0.6 is 11.8 Å². The Morgan fingerprint density at radius 3 is 2.36 bits per heavy atom. The van der Waals surface area contributed by atoms with Crippen molar-refractivity contribution in [2.45, 2.75) is 52.0 Å². The lowest BCUT2D eigenvalue weighted by molar-refractivity contribution is 0.343. The van der Waals surface area contributed by atoms with Crippen LogP contribution < -0.4 is 5.32 Å². The summed E-state index contributed by atoms with van der Waals surface area (Å²) in [5.74, 6) is 1.33. The van der Waals surface area contributed by atoms with Crippen LogP contribution in [0.5, 0.6) is 0 Å². The van der Waals surface area contributed by atoms with Gasteiger partial charge in [-0.3, -0.25) is 0 Å². The molecule has 1 fully saturated rings. The van der Waals surface area contributed by atoms with Crippen molar-refractivity contribution in [2.24, 2.45) is 5.41 Å². The van der Waals surface area contributed by atoms with Crippen molar-refractivity contribution in [1.82, 2.24) is 5.32 Å². The van der Waals surface area contributed by atoms with Crippen molar-refractivity contribution in [1.29, 1.82) is 0 Å². The highest BCUT2D eigenvalue weighted by Gasteiger charge is 2.41. The van der Waals surface area contributed by atoms with Crippen LogP contribution in [0.15, 0.2) is 0 Å². The van der Waals surface area contributed by atoms with E-state index in [0.717, 1.165) is 0 Å². The van der Waals surface area contributed by atoms with Gasteiger partial charge in [0.05, 0.1) is 0 Å². The first-order valence-electron chi connectivity index (χ1n) is 5.71. The predicted molar refractivity (Wildman–Crippen MR) is 67.0 cm³/mol. The van der Waals surface area contributed by atoms with E-state index in [1.807, 2.05) is 11.8 Å². The summed E-state index contributed by atoms with van der Waals surface area (Å²) in [6, 6.07) is 0. The fourth-order valence-corrected chi connectivity index (χ4v) is 2.17. The molecule has 1 N–H and O–H groups in total. The van der Waals surface area contributed by atoms with Gasteiger partial charge in [-0.2, -0.15) is 11.8 Å². The van der Waals surface area contributed by atoms with E-state index in [9.17, 15) is 0 Å². The fraction of sp³-hybridized carbons (Fsp3) is 1.00. The van der Waals surface area contributed by atoms with Gasteiger partial charge in [-0.05, 0) is 63.9 Å². The molecule has 0 heterocycles. The van der Waals surface area contributed by atoms with E-state index >= 15 is 0 Å². The summed E-state index contributed by atoms with van der Waals surface area (Å²) in [6.07, 6.45) is 7.92. The molecule has 2 heteroatoms. The Morgan fingerprint density at radius 2 is 1.93 bits per heavy atom. The maximum Gasteiger partial charge on any atom is 0.00967 e. The molecular formula is C12H25NS. The van der Waals surface area contributed by atoms with Crippen molar-refractivity contribution in [3.05, 3.63) is 0 Å². The molecule has 0 bridgehead atoms. The maximum absolute atomic E-state index is 3.64. The van der Waals surface area contributed by atoms with Crippen molar-refractivity contribution < 1.29 is 0 Å². The molecule has 1 aliphatic carbocycles. The average Bonchev–Trinajstić information content (AvgIpc) is 2.82. The molecule has 0 radical (unpaired) electrons. The third kappa shape index (κ3) is 4.70. The highest BCUT2D eigenvalue weighted by molar-refractivity contribution is 7.98. The highest BCUT2D eigenvalue weighted by Crippen LogP contribution is 2.49. The first-order chi connectivity index (χ1) is 6.47. The van der Waals surface area contributed by atoms with Crippen molar-refractivity contribution in [3.63, 3.8) is 0 Å². The second kappa shape index (κ2) is 4.89. The second-order valence-electron chi connectivity index (χ2n) is 5.70. The van der Waals surface area contributed by atoms with E-state index in [0.29, 0.717) is 5.41 Å². The Labute approximate surface area is 93.4 Å². The average molecular weight is 215 g/mol. The fourth-order valence-electron chi connectivity index (χ4n) is 1.74. The molecule has 0 spiro atoms. The summed E-state index contributed by atoms with van der Waals surface area (Å²) >= 11 is 1.97. The molecule has 1 nitrogen and oxygen atoms in total. The number of hydrogen-bond acceptors (Lipinski definition) is 2. The number of nitrogens with one attached hydrogen (secondary N) is 1. The lowest BCUT2D eigenvalue weighted by Gasteiger charge is -2.25. The van der Waals surface area contributed by atoms with Crippen LogP contribution in [0.4, 0.5) is 0 Å². The largest absolute Gasteiger partial charge is 0.312 e. The first-order valence-corrected chi connectivity index (χ1v) is 7.11. The minimum absolute atomic E-state index is 0.287. The van der Waals surface area contributed by atoms with E-state index in [2.05, 4.69) is 32.3 Å². The maximum atomic E-state index is 3.64. The summed E-state index contributed by atoms with van der Waals surface area (Å²) in [5.41, 5.74) is 0.970. The summed E-state index contributed by atoms with van der Waals surface area (Å²) in [5, 5.41) is 3.64. The van der Waals surface area contributed by atoms with E-state index in [-0.39, 0.29) is 5.54 Å². The van der Waals surface area contributed by atoms with Gasteiger partial charge in [0.25, 0.3) is 0 Å². The van der Waals surface area contributed by atoms with Gasteiger partial charge >= 0.3 is 0 Å². The Balaban J connectivity index is 2.16. The van der Waals surface area contributed by atoms with Gasteiger partial charge < -0.3 is 5.32 Å². The van der Waals surface area contributed by atoms with E-state index in [4.69, 9.17) is 0 Å². The van der Waals surface area contributed by atoms with Crippen LogP contribution in [0.2, 0.25) is 0 Å². The summed E-state index contributed by atoms with van der Waals surface area (Å²) in [4.78, 5) is 0. The van der Waals surface area contributed by atoms with E-state index < -0.39 is 0 Å². The molecule has 0 atom stereocenters. The molecule has 0 aromatic carbocycles. The lowest BCUT2D eigenvalue weighted by atomic mass is 9.99. The Bertz CT molecular complexity index is 168. The van der Waals surface area contributed by atoms with Gasteiger partial charge in [-0.1, -0.05) is 0 Å². The van der Waals surface area contributed by atoms with Crippen LogP contribution in [0.1, 0.15) is 46.5 Å². The quantitative estimate of drug-likeness (QED) is 0.682. The molecule has 14 heavy (non-hydrogen) atoms. The zero-order valence-corrected chi connectivity index (χ0v) is 11.0. The highest BCUT2D eigenvalue weighted by atomic mass is 32.2. The van der Waals surface area contributed by atoms with Crippen LogP contribution in [0, 0.1) is 5.41 Å². The Morgan fingerprint density at radius 1 is 1.29 bits per heavy atom. The smallest absolute Gasteiger partial charge is 0.00967 e. The normalized spacial score (nSPS) is 19.7. The van der Waals surface area contributed by atoms with Gasteiger partial charge in [0.1, 0.15) is 0 Å². The van der Waals surface area contributed by atoms with Gasteiger partial charge in [0.15, 0.2) is 0 Å². The standard InChI is InChI=1S/C12H25NS/c1-11(2,3)13-10-12(7-8-12)6-5-9-14-4/h13H,5-10H2,1-4H3. The molecule has 84 valence electrons. The van der Waals surface area contributed by atoms with E-state index in [1.54, 1.807) is 0 Å². The first kappa shape index (κ1) is 12.4. The zero-order chi connectivity index (χ0) is 10.7. The van der Waals surface area contributed by atoms with Crippen molar-refractivity contribution >= 4 is 11.8 Å². The van der Waals surface area contributed by atoms with Gasteiger partial charge in [-0.25, -0.2) is 0 Å². The third-order valence-electron chi connectivity index (χ3n) is 3.01. The SMILES string of the molecule is CSCCCC1(CNC(C)(C)C)CC1. The minimum atomic E-state index is 0.287. The summed E-state index contributed by atoms with van der Waals surface area (Å²) < 4.78 is 0. The third-order valence-corrected chi connectivity index (χ3v) is 3.70. The van der Waals surface area contributed by atoms with Crippen LogP contribution in [0.3, 0.4) is 0 Å². The molecule has 0 aromatic heterocycles. The van der Waals surface area contributed by atoms with Gasteiger partial charge in [-0.15, -0.1) is 0 Å². The number of rotatable bonds is 6. The molecule has 0 amide bonds. The van der Waals surface area contributed by atoms with Gasteiger partial charge in [0.2, 0.25) is 0 Å². The minimum Gasteiger partial charge on any atom is -0.312 e. The molecular weight excluding hydrogens is 190 g/mol. The molecule has 0 aromatic rings. The Kier molecular flexibility index (Phi) is 4.32. The topological polar surface area (TPSA) is 12.0 Å². The van der Waals surface area contributed by atoms with Crippen molar-refractivity contribution in [3.8, 4) is 0 Å². The van der Waals surface area contributed by atoms with Crippen LogP contribution in [-0.2, 0) is 0 Å². The summed E-state index contributed by atoms with van der Waals surface area (Å²) in [7, 11) is 0. The molecule has 0 saturated heterocycles. The number of hydrogen-bond donors (Lipinski definition) is 1. The van der Waals surface area contributed by atoms with Gasteiger partial charge in [0, 0.05) is 12.1 Å². The monoisotopic (exact) mass is 215 g/mol. The molecule has 1 rings (SSSR count). The molecule has 1 aliphatic rings. The zero-order valence-electron chi connectivity index (χ0n) is 10.2.